The third kappa shape index (κ3) is 2.42. The predicted molar refractivity (Wildman–Crippen MR) is 66.2 cm³/mol. The quantitative estimate of drug-likeness (QED) is 0.806. The van der Waals surface area contributed by atoms with Crippen LogP contribution in [0.15, 0.2) is 18.2 Å². The van der Waals surface area contributed by atoms with Crippen molar-refractivity contribution in [3.63, 3.8) is 0 Å². The first-order valence-electron chi connectivity index (χ1n) is 5.88. The number of nitrogens with one attached hydrogen (secondary N) is 1. The van der Waals surface area contributed by atoms with Crippen LogP contribution in [-0.2, 0) is 0 Å². The third-order valence-corrected chi connectivity index (χ3v) is 3.34. The molecule has 1 aliphatic heterocycles. The van der Waals surface area contributed by atoms with Gasteiger partial charge in [-0.05, 0) is 38.1 Å². The molecule has 1 aromatic carbocycles. The number of benzene rings is 1. The molecule has 17 heavy (non-hydrogen) atoms. The standard InChI is InChI=1S/C13H18N2O2/c1-9-3-4-10(7-12(9)16)13(17)15-6-5-11(8-15)14-2/h3-4,7,11,14,16H,5-6,8H2,1-2H3. The molecule has 1 unspecified atom stereocenters. The molecule has 92 valence electrons. The fourth-order valence-electron chi connectivity index (χ4n) is 2.11. The lowest BCUT2D eigenvalue weighted by Gasteiger charge is -2.16. The van der Waals surface area contributed by atoms with Crippen LogP contribution in [0.3, 0.4) is 0 Å². The molecule has 0 radical (unpaired) electrons. The van der Waals surface area contributed by atoms with Crippen molar-refractivity contribution in [1.29, 1.82) is 0 Å². The first-order valence-corrected chi connectivity index (χ1v) is 5.88. The van der Waals surface area contributed by atoms with Crippen molar-refractivity contribution in [3.05, 3.63) is 29.3 Å². The van der Waals surface area contributed by atoms with Crippen LogP contribution in [0, 0.1) is 6.92 Å². The molecule has 0 bridgehead atoms. The Labute approximate surface area is 101 Å². The van der Waals surface area contributed by atoms with E-state index in [1.807, 2.05) is 18.9 Å². The van der Waals surface area contributed by atoms with E-state index in [0.717, 1.165) is 25.1 Å². The molecule has 0 spiro atoms. The van der Waals surface area contributed by atoms with Gasteiger partial charge in [-0.25, -0.2) is 0 Å². The highest BCUT2D eigenvalue weighted by molar-refractivity contribution is 5.95. The summed E-state index contributed by atoms with van der Waals surface area (Å²) in [5.41, 5.74) is 1.35. The molecule has 0 saturated carbocycles. The Balaban J connectivity index is 2.12. The summed E-state index contributed by atoms with van der Waals surface area (Å²) >= 11 is 0. The smallest absolute Gasteiger partial charge is 0.254 e. The van der Waals surface area contributed by atoms with Gasteiger partial charge in [0, 0.05) is 24.7 Å². The van der Waals surface area contributed by atoms with Crippen molar-refractivity contribution < 1.29 is 9.90 Å². The van der Waals surface area contributed by atoms with E-state index in [0.29, 0.717) is 11.6 Å². The molecule has 1 saturated heterocycles. The number of carbonyl (C=O) groups is 1. The van der Waals surface area contributed by atoms with Gasteiger partial charge in [0.1, 0.15) is 5.75 Å². The first kappa shape index (κ1) is 11.9. The largest absolute Gasteiger partial charge is 0.508 e. The summed E-state index contributed by atoms with van der Waals surface area (Å²) in [6.45, 7) is 3.33. The summed E-state index contributed by atoms with van der Waals surface area (Å²) < 4.78 is 0. The Morgan fingerprint density at radius 1 is 1.53 bits per heavy atom. The summed E-state index contributed by atoms with van der Waals surface area (Å²) in [6.07, 6.45) is 0.986. The second-order valence-electron chi connectivity index (χ2n) is 4.53. The lowest BCUT2D eigenvalue weighted by molar-refractivity contribution is 0.0789. The van der Waals surface area contributed by atoms with Crippen LogP contribution in [0.25, 0.3) is 0 Å². The Bertz CT molecular complexity index is 431. The minimum absolute atomic E-state index is 0.00181. The van der Waals surface area contributed by atoms with Gasteiger partial charge >= 0.3 is 0 Å². The number of phenolic OH excluding ortho intramolecular Hbond substituents is 1. The van der Waals surface area contributed by atoms with E-state index in [1.54, 1.807) is 18.2 Å². The Morgan fingerprint density at radius 2 is 2.29 bits per heavy atom. The SMILES string of the molecule is CNC1CCN(C(=O)c2ccc(C)c(O)c2)C1. The van der Waals surface area contributed by atoms with Crippen LogP contribution in [-0.4, -0.2) is 42.1 Å². The van der Waals surface area contributed by atoms with E-state index in [9.17, 15) is 9.90 Å². The van der Waals surface area contributed by atoms with Gasteiger partial charge in [-0.2, -0.15) is 0 Å². The monoisotopic (exact) mass is 234 g/mol. The molecule has 2 rings (SSSR count). The van der Waals surface area contributed by atoms with Gasteiger partial charge in [0.05, 0.1) is 0 Å². The second kappa shape index (κ2) is 4.75. The number of nitrogens with zero attached hydrogens (tertiary/aromatic N) is 1. The summed E-state index contributed by atoms with van der Waals surface area (Å²) in [5.74, 6) is 0.179. The van der Waals surface area contributed by atoms with Crippen molar-refractivity contribution in [1.82, 2.24) is 10.2 Å². The fraction of sp³-hybridized carbons (Fsp3) is 0.462. The highest BCUT2D eigenvalue weighted by atomic mass is 16.3. The zero-order valence-corrected chi connectivity index (χ0v) is 10.2. The number of hydrogen-bond acceptors (Lipinski definition) is 3. The van der Waals surface area contributed by atoms with E-state index >= 15 is 0 Å². The average Bonchev–Trinajstić information content (AvgIpc) is 2.80. The van der Waals surface area contributed by atoms with E-state index in [1.165, 1.54) is 0 Å². The molecule has 2 N–H and O–H groups in total. The number of likely N-dealkylation sites (tertiary alicyclic amines) is 1. The van der Waals surface area contributed by atoms with E-state index in [2.05, 4.69) is 5.32 Å². The van der Waals surface area contributed by atoms with Crippen molar-refractivity contribution in [3.8, 4) is 5.75 Å². The summed E-state index contributed by atoms with van der Waals surface area (Å²) in [6, 6.07) is 5.47. The normalized spacial score (nSPS) is 19.6. The van der Waals surface area contributed by atoms with Crippen LogP contribution in [0.1, 0.15) is 22.3 Å². The van der Waals surface area contributed by atoms with Crippen LogP contribution in [0.4, 0.5) is 0 Å². The van der Waals surface area contributed by atoms with Crippen LogP contribution in [0.2, 0.25) is 0 Å². The van der Waals surface area contributed by atoms with Crippen molar-refractivity contribution in [2.24, 2.45) is 0 Å². The number of likely N-dealkylation sites (N-methyl/N-ethyl adjacent to an activating group) is 1. The third-order valence-electron chi connectivity index (χ3n) is 3.34. The van der Waals surface area contributed by atoms with Gasteiger partial charge in [-0.1, -0.05) is 6.07 Å². The number of rotatable bonds is 2. The molecule has 1 amide bonds. The van der Waals surface area contributed by atoms with Crippen LogP contribution in [0.5, 0.6) is 5.75 Å². The number of aromatic hydroxyl groups is 1. The molecular weight excluding hydrogens is 216 g/mol. The maximum atomic E-state index is 12.2. The highest BCUT2D eigenvalue weighted by Crippen LogP contribution is 2.20. The number of phenols is 1. The fourth-order valence-corrected chi connectivity index (χ4v) is 2.11. The predicted octanol–water partition coefficient (Wildman–Crippen LogP) is 1.13. The van der Waals surface area contributed by atoms with Crippen molar-refractivity contribution in [2.75, 3.05) is 20.1 Å². The Hall–Kier alpha value is -1.55. The molecule has 0 aliphatic carbocycles. The number of hydrogen-bond donors (Lipinski definition) is 2. The average molecular weight is 234 g/mol. The molecule has 1 fully saturated rings. The van der Waals surface area contributed by atoms with Crippen molar-refractivity contribution >= 4 is 5.91 Å². The Kier molecular flexibility index (Phi) is 3.33. The zero-order valence-electron chi connectivity index (χ0n) is 10.2. The molecule has 4 nitrogen and oxygen atoms in total. The molecule has 1 aliphatic rings. The molecule has 0 aromatic heterocycles. The highest BCUT2D eigenvalue weighted by Gasteiger charge is 2.25. The zero-order chi connectivity index (χ0) is 12.4. The van der Waals surface area contributed by atoms with Crippen LogP contribution < -0.4 is 5.32 Å². The lowest BCUT2D eigenvalue weighted by Crippen LogP contribution is -2.33. The van der Waals surface area contributed by atoms with E-state index in [4.69, 9.17) is 0 Å². The molecule has 4 heteroatoms. The minimum atomic E-state index is -0.00181. The minimum Gasteiger partial charge on any atom is -0.508 e. The van der Waals surface area contributed by atoms with Gasteiger partial charge in [0.25, 0.3) is 5.91 Å². The molecular formula is C13H18N2O2. The molecule has 1 atom stereocenters. The van der Waals surface area contributed by atoms with E-state index in [-0.39, 0.29) is 11.7 Å². The Morgan fingerprint density at radius 3 is 2.88 bits per heavy atom. The topological polar surface area (TPSA) is 52.6 Å². The number of aryl methyl sites for hydroxylation is 1. The summed E-state index contributed by atoms with van der Waals surface area (Å²) in [5, 5.41) is 12.8. The molecule has 1 aromatic rings. The maximum Gasteiger partial charge on any atom is 0.254 e. The summed E-state index contributed by atoms with van der Waals surface area (Å²) in [4.78, 5) is 14.0. The van der Waals surface area contributed by atoms with Gasteiger partial charge in [0.2, 0.25) is 0 Å². The number of amides is 1. The maximum absolute atomic E-state index is 12.2. The summed E-state index contributed by atoms with van der Waals surface area (Å²) in [7, 11) is 1.91. The molecule has 1 heterocycles. The van der Waals surface area contributed by atoms with Crippen LogP contribution >= 0.6 is 0 Å². The van der Waals surface area contributed by atoms with E-state index < -0.39 is 0 Å². The van der Waals surface area contributed by atoms with Gasteiger partial charge < -0.3 is 15.3 Å². The van der Waals surface area contributed by atoms with Gasteiger partial charge in [-0.15, -0.1) is 0 Å². The lowest BCUT2D eigenvalue weighted by atomic mass is 10.1. The van der Waals surface area contributed by atoms with Gasteiger partial charge in [-0.3, -0.25) is 4.79 Å². The number of carbonyl (C=O) groups excluding carboxylic acids is 1. The first-order chi connectivity index (χ1) is 8.11. The van der Waals surface area contributed by atoms with Gasteiger partial charge in [0.15, 0.2) is 0 Å². The van der Waals surface area contributed by atoms with Crippen molar-refractivity contribution in [2.45, 2.75) is 19.4 Å². The second-order valence-corrected chi connectivity index (χ2v) is 4.53.